The van der Waals surface area contributed by atoms with Crippen molar-refractivity contribution >= 4 is 17.3 Å². The second-order valence-corrected chi connectivity index (χ2v) is 7.85. The van der Waals surface area contributed by atoms with Crippen molar-refractivity contribution < 1.29 is 4.74 Å². The van der Waals surface area contributed by atoms with Crippen molar-refractivity contribution in [3.63, 3.8) is 0 Å². The molecule has 3 heterocycles. The van der Waals surface area contributed by atoms with Gasteiger partial charge in [0.05, 0.1) is 13.2 Å². The zero-order valence-corrected chi connectivity index (χ0v) is 17.6. The van der Waals surface area contributed by atoms with Crippen LogP contribution in [0.3, 0.4) is 0 Å². The number of aryl methyl sites for hydroxylation is 2. The van der Waals surface area contributed by atoms with E-state index in [0.717, 1.165) is 83.0 Å². The van der Waals surface area contributed by atoms with E-state index in [1.165, 1.54) is 11.3 Å². The number of piperazine rings is 1. The molecule has 1 aromatic heterocycles. The first-order valence-electron chi connectivity index (χ1n) is 10.6. The third-order valence-corrected chi connectivity index (χ3v) is 5.63. The first kappa shape index (κ1) is 19.9. The number of hydrogen-bond acceptors (Lipinski definition) is 7. The number of rotatable bonds is 6. The van der Waals surface area contributed by atoms with Crippen molar-refractivity contribution in [1.82, 2.24) is 14.9 Å². The maximum atomic E-state index is 5.41. The average molecular weight is 397 g/mol. The third-order valence-electron chi connectivity index (χ3n) is 5.63. The third kappa shape index (κ3) is 5.36. The zero-order valence-electron chi connectivity index (χ0n) is 17.6. The van der Waals surface area contributed by atoms with Gasteiger partial charge in [-0.15, -0.1) is 0 Å². The highest BCUT2D eigenvalue weighted by molar-refractivity contribution is 5.53. The summed E-state index contributed by atoms with van der Waals surface area (Å²) < 4.78 is 5.41. The fraction of sp³-hybridized carbons (Fsp3) is 0.545. The van der Waals surface area contributed by atoms with Crippen LogP contribution >= 0.6 is 0 Å². The molecule has 156 valence electrons. The normalized spacial score (nSPS) is 18.1. The van der Waals surface area contributed by atoms with E-state index >= 15 is 0 Å². The predicted octanol–water partition coefficient (Wildman–Crippen LogP) is 2.16. The van der Waals surface area contributed by atoms with Crippen LogP contribution in [0.25, 0.3) is 0 Å². The molecule has 0 aliphatic carbocycles. The molecule has 0 bridgehead atoms. The molecule has 0 atom stereocenters. The summed E-state index contributed by atoms with van der Waals surface area (Å²) >= 11 is 0. The van der Waals surface area contributed by atoms with Gasteiger partial charge in [-0.25, -0.2) is 9.97 Å². The molecule has 0 unspecified atom stereocenters. The Morgan fingerprint density at radius 1 is 0.931 bits per heavy atom. The summed E-state index contributed by atoms with van der Waals surface area (Å²) in [5.41, 5.74) is 2.62. The summed E-state index contributed by atoms with van der Waals surface area (Å²) in [4.78, 5) is 16.5. The zero-order chi connectivity index (χ0) is 20.1. The second-order valence-electron chi connectivity index (χ2n) is 7.85. The number of hydrogen-bond donors (Lipinski definition) is 1. The van der Waals surface area contributed by atoms with Crippen molar-refractivity contribution in [1.29, 1.82) is 0 Å². The molecule has 2 aromatic rings. The lowest BCUT2D eigenvalue weighted by atomic mass is 10.2. The van der Waals surface area contributed by atoms with Gasteiger partial charge in [-0.2, -0.15) is 0 Å². The minimum absolute atomic E-state index is 0.817. The number of morpholine rings is 1. The molecule has 2 saturated heterocycles. The minimum Gasteiger partial charge on any atom is -0.379 e. The number of benzene rings is 1. The van der Waals surface area contributed by atoms with Crippen LogP contribution in [-0.4, -0.2) is 80.4 Å². The molecule has 1 N–H and O–H groups in total. The van der Waals surface area contributed by atoms with Gasteiger partial charge in [-0.3, -0.25) is 4.90 Å². The lowest BCUT2D eigenvalue weighted by Crippen LogP contribution is -2.47. The lowest BCUT2D eigenvalue weighted by molar-refractivity contribution is 0.0398. The Hall–Kier alpha value is -2.38. The summed E-state index contributed by atoms with van der Waals surface area (Å²) in [7, 11) is 0. The van der Waals surface area contributed by atoms with Crippen LogP contribution in [0.4, 0.5) is 17.3 Å². The van der Waals surface area contributed by atoms with Crippen LogP contribution in [0, 0.1) is 13.8 Å². The highest BCUT2D eigenvalue weighted by Gasteiger charge is 2.19. The Bertz CT molecular complexity index is 800. The molecule has 0 amide bonds. The summed E-state index contributed by atoms with van der Waals surface area (Å²) in [6.45, 7) is 13.7. The molecule has 2 fully saturated rings. The van der Waals surface area contributed by atoms with Gasteiger partial charge in [0.2, 0.25) is 0 Å². The molecule has 1 aromatic carbocycles. The Balaban J connectivity index is 1.33. The molecule has 2 aliphatic heterocycles. The highest BCUT2D eigenvalue weighted by atomic mass is 16.5. The number of nitrogens with zero attached hydrogens (tertiary/aromatic N) is 5. The maximum absolute atomic E-state index is 5.41. The van der Waals surface area contributed by atoms with E-state index in [4.69, 9.17) is 9.72 Å². The molecular formula is C22H32N6O. The SMILES string of the molecule is Cc1cccc(N2CCN(c3cc(NCCN4CCOCC4)nc(C)n3)CC2)c1. The first-order valence-corrected chi connectivity index (χ1v) is 10.6. The van der Waals surface area contributed by atoms with Gasteiger partial charge in [-0.05, 0) is 31.5 Å². The van der Waals surface area contributed by atoms with Gasteiger partial charge in [0.1, 0.15) is 17.5 Å². The van der Waals surface area contributed by atoms with Gasteiger partial charge < -0.3 is 19.9 Å². The Labute approximate surface area is 173 Å². The van der Waals surface area contributed by atoms with Gasteiger partial charge >= 0.3 is 0 Å². The molecular weight excluding hydrogens is 364 g/mol. The van der Waals surface area contributed by atoms with E-state index in [-0.39, 0.29) is 0 Å². The van der Waals surface area contributed by atoms with E-state index in [1.54, 1.807) is 0 Å². The summed E-state index contributed by atoms with van der Waals surface area (Å²) in [6, 6.07) is 10.8. The Kier molecular flexibility index (Phi) is 6.46. The van der Waals surface area contributed by atoms with Crippen molar-refractivity contribution in [2.75, 3.05) is 80.7 Å². The van der Waals surface area contributed by atoms with E-state index < -0.39 is 0 Å². The Morgan fingerprint density at radius 2 is 1.69 bits per heavy atom. The molecule has 7 nitrogen and oxygen atoms in total. The largest absolute Gasteiger partial charge is 0.379 e. The summed E-state index contributed by atoms with van der Waals surface area (Å²) in [6.07, 6.45) is 0. The number of aromatic nitrogens is 2. The summed E-state index contributed by atoms with van der Waals surface area (Å²) in [5, 5.41) is 3.48. The summed E-state index contributed by atoms with van der Waals surface area (Å²) in [5.74, 6) is 2.76. The fourth-order valence-corrected chi connectivity index (χ4v) is 3.99. The molecule has 0 spiro atoms. The number of anilines is 3. The highest BCUT2D eigenvalue weighted by Crippen LogP contribution is 2.21. The van der Waals surface area contributed by atoms with Crippen LogP contribution in [0.1, 0.15) is 11.4 Å². The lowest BCUT2D eigenvalue weighted by Gasteiger charge is -2.37. The smallest absolute Gasteiger partial charge is 0.134 e. The van der Waals surface area contributed by atoms with Crippen LogP contribution in [0.15, 0.2) is 30.3 Å². The predicted molar refractivity (Wildman–Crippen MR) is 118 cm³/mol. The van der Waals surface area contributed by atoms with Crippen LogP contribution in [0.2, 0.25) is 0 Å². The first-order chi connectivity index (χ1) is 14.2. The Morgan fingerprint density at radius 3 is 2.45 bits per heavy atom. The molecule has 29 heavy (non-hydrogen) atoms. The van der Waals surface area contributed by atoms with E-state index in [0.29, 0.717) is 0 Å². The molecule has 4 rings (SSSR count). The quantitative estimate of drug-likeness (QED) is 0.803. The maximum Gasteiger partial charge on any atom is 0.134 e. The van der Waals surface area contributed by atoms with E-state index in [9.17, 15) is 0 Å². The second kappa shape index (κ2) is 9.41. The minimum atomic E-state index is 0.817. The molecule has 0 radical (unpaired) electrons. The van der Waals surface area contributed by atoms with Crippen molar-refractivity contribution in [2.45, 2.75) is 13.8 Å². The monoisotopic (exact) mass is 396 g/mol. The van der Waals surface area contributed by atoms with Gasteiger partial charge in [-0.1, -0.05) is 12.1 Å². The molecule has 2 aliphatic rings. The fourth-order valence-electron chi connectivity index (χ4n) is 3.99. The van der Waals surface area contributed by atoms with Crippen molar-refractivity contribution in [2.24, 2.45) is 0 Å². The standard InChI is InChI=1S/C22H32N6O/c1-18-4-3-5-20(16-18)27-8-10-28(11-9-27)22-17-21(24-19(2)25-22)23-6-7-26-12-14-29-15-13-26/h3-5,16-17H,6-15H2,1-2H3,(H,23,24,25). The van der Waals surface area contributed by atoms with Crippen LogP contribution < -0.4 is 15.1 Å². The van der Waals surface area contributed by atoms with Crippen molar-refractivity contribution in [3.05, 3.63) is 41.7 Å². The van der Waals surface area contributed by atoms with E-state index in [1.807, 2.05) is 6.92 Å². The van der Waals surface area contributed by atoms with Crippen LogP contribution in [-0.2, 0) is 4.74 Å². The van der Waals surface area contributed by atoms with E-state index in [2.05, 4.69) is 62.3 Å². The van der Waals surface area contributed by atoms with Crippen LogP contribution in [0.5, 0.6) is 0 Å². The molecule has 0 saturated carbocycles. The van der Waals surface area contributed by atoms with Gasteiger partial charge in [0.15, 0.2) is 0 Å². The molecule has 7 heteroatoms. The van der Waals surface area contributed by atoms with Crippen molar-refractivity contribution in [3.8, 4) is 0 Å². The number of nitrogens with one attached hydrogen (secondary N) is 1. The number of ether oxygens (including phenoxy) is 1. The van der Waals surface area contributed by atoms with Gasteiger partial charge in [0, 0.05) is 64.1 Å². The topological polar surface area (TPSA) is 56.8 Å². The van der Waals surface area contributed by atoms with Gasteiger partial charge in [0.25, 0.3) is 0 Å². The average Bonchev–Trinajstić information content (AvgIpc) is 2.74.